The lowest BCUT2D eigenvalue weighted by Gasteiger charge is -2.28. The van der Waals surface area contributed by atoms with Crippen molar-refractivity contribution in [1.29, 1.82) is 0 Å². The first kappa shape index (κ1) is 23.5. The molecule has 34 heavy (non-hydrogen) atoms. The van der Waals surface area contributed by atoms with E-state index in [1.54, 1.807) is 18.2 Å². The molecule has 1 atom stereocenters. The Morgan fingerprint density at radius 2 is 1.76 bits per heavy atom. The molecule has 6 N–H and O–H groups in total. The Hall–Kier alpha value is -3.65. The fourth-order valence-corrected chi connectivity index (χ4v) is 4.56. The van der Waals surface area contributed by atoms with Gasteiger partial charge in [-0.15, -0.1) is 0 Å². The molecule has 2 aromatic carbocycles. The molecule has 0 saturated heterocycles. The van der Waals surface area contributed by atoms with Crippen LogP contribution in [0.4, 0.5) is 5.69 Å². The van der Waals surface area contributed by atoms with Gasteiger partial charge in [-0.2, -0.15) is 0 Å². The average molecular weight is 463 g/mol. The van der Waals surface area contributed by atoms with E-state index in [1.807, 2.05) is 30.3 Å². The van der Waals surface area contributed by atoms with E-state index >= 15 is 0 Å². The van der Waals surface area contributed by atoms with Crippen molar-refractivity contribution >= 4 is 34.4 Å². The highest BCUT2D eigenvalue weighted by atomic mass is 16.4. The van der Waals surface area contributed by atoms with E-state index in [2.05, 4.69) is 15.6 Å². The summed E-state index contributed by atoms with van der Waals surface area (Å²) in [5.41, 5.74) is 7.99. The predicted molar refractivity (Wildman–Crippen MR) is 130 cm³/mol. The van der Waals surface area contributed by atoms with Gasteiger partial charge in [-0.3, -0.25) is 9.59 Å². The number of anilines is 1. The minimum atomic E-state index is -1.05. The van der Waals surface area contributed by atoms with Crippen LogP contribution in [0.1, 0.15) is 41.7 Å². The second kappa shape index (κ2) is 10.5. The number of carbonyl (C=O) groups excluding carboxylic acids is 2. The van der Waals surface area contributed by atoms with E-state index in [-0.39, 0.29) is 23.4 Å². The molecule has 0 radical (unpaired) electrons. The van der Waals surface area contributed by atoms with Gasteiger partial charge in [-0.1, -0.05) is 30.3 Å². The van der Waals surface area contributed by atoms with Crippen molar-refractivity contribution in [2.75, 3.05) is 11.9 Å². The third-order valence-corrected chi connectivity index (χ3v) is 6.59. The molecule has 1 aliphatic carbocycles. The zero-order chi connectivity index (χ0) is 24.1. The Morgan fingerprint density at radius 1 is 1.03 bits per heavy atom. The van der Waals surface area contributed by atoms with Crippen LogP contribution in [0.3, 0.4) is 0 Å². The molecule has 1 aromatic heterocycles. The highest BCUT2D eigenvalue weighted by Gasteiger charge is 2.29. The Morgan fingerprint density at radius 3 is 2.44 bits per heavy atom. The standard InChI is InChI=1S/C26H30N4O4/c27-15-17-6-8-18(9-7-17)24(31)30-22(12-16-4-2-1-3-5-16)25(32)28-20-10-11-21-19(13-20)14-23(29-21)26(33)34/h1-5,10-11,13-14,17-18,22,29H,6-9,12,15,27H2,(H,28,32)(H,30,31)(H,33,34)/t17?,18?,22-/m1/s1. The number of amides is 2. The summed E-state index contributed by atoms with van der Waals surface area (Å²) in [6.07, 6.45) is 3.79. The molecule has 1 heterocycles. The summed E-state index contributed by atoms with van der Waals surface area (Å²) in [4.78, 5) is 40.3. The molecule has 178 valence electrons. The van der Waals surface area contributed by atoms with Crippen LogP contribution in [0, 0.1) is 11.8 Å². The van der Waals surface area contributed by atoms with Crippen molar-refractivity contribution in [3.63, 3.8) is 0 Å². The first-order valence-corrected chi connectivity index (χ1v) is 11.6. The summed E-state index contributed by atoms with van der Waals surface area (Å²) in [6.45, 7) is 0.646. The van der Waals surface area contributed by atoms with Crippen molar-refractivity contribution < 1.29 is 19.5 Å². The maximum atomic E-state index is 13.2. The molecule has 0 unspecified atom stereocenters. The number of H-pyrrole nitrogens is 1. The van der Waals surface area contributed by atoms with Gasteiger partial charge >= 0.3 is 5.97 Å². The van der Waals surface area contributed by atoms with E-state index in [4.69, 9.17) is 5.73 Å². The maximum absolute atomic E-state index is 13.2. The van der Waals surface area contributed by atoms with Crippen LogP contribution in [0.25, 0.3) is 10.9 Å². The highest BCUT2D eigenvalue weighted by Crippen LogP contribution is 2.28. The monoisotopic (exact) mass is 462 g/mol. The van der Waals surface area contributed by atoms with Crippen LogP contribution < -0.4 is 16.4 Å². The number of benzene rings is 2. The van der Waals surface area contributed by atoms with Crippen molar-refractivity contribution in [3.05, 3.63) is 65.9 Å². The quantitative estimate of drug-likeness (QED) is 0.350. The molecule has 4 rings (SSSR count). The zero-order valence-electron chi connectivity index (χ0n) is 18.9. The SMILES string of the molecule is NCC1CCC(C(=O)N[C@H](Cc2ccccc2)C(=O)Nc2ccc3[nH]c(C(=O)O)cc3c2)CC1. The Bertz CT molecular complexity index is 1170. The Kier molecular flexibility index (Phi) is 7.27. The number of rotatable bonds is 8. The van der Waals surface area contributed by atoms with Crippen LogP contribution in [-0.4, -0.2) is 40.5 Å². The summed E-state index contributed by atoms with van der Waals surface area (Å²) >= 11 is 0. The number of aromatic carboxylic acids is 1. The lowest BCUT2D eigenvalue weighted by Crippen LogP contribution is -2.48. The minimum Gasteiger partial charge on any atom is -0.477 e. The fraction of sp³-hybridized carbons (Fsp3) is 0.346. The number of aromatic amines is 1. The number of fused-ring (bicyclic) bond motifs is 1. The van der Waals surface area contributed by atoms with Crippen LogP contribution in [0.2, 0.25) is 0 Å². The Labute approximate surface area is 197 Å². The summed E-state index contributed by atoms with van der Waals surface area (Å²) in [5.74, 6) is -1.11. The number of nitrogens with two attached hydrogens (primary N) is 1. The maximum Gasteiger partial charge on any atom is 0.352 e. The zero-order valence-corrected chi connectivity index (χ0v) is 18.9. The average Bonchev–Trinajstić information content (AvgIpc) is 3.28. The number of hydrogen-bond acceptors (Lipinski definition) is 4. The second-order valence-corrected chi connectivity index (χ2v) is 8.98. The van der Waals surface area contributed by atoms with Crippen molar-refractivity contribution in [3.8, 4) is 0 Å². The first-order valence-electron chi connectivity index (χ1n) is 11.6. The van der Waals surface area contributed by atoms with Gasteiger partial charge in [-0.25, -0.2) is 4.79 Å². The molecule has 0 aliphatic heterocycles. The molecule has 2 amide bonds. The molecule has 0 bridgehead atoms. The molecule has 1 fully saturated rings. The van der Waals surface area contributed by atoms with Crippen LogP contribution >= 0.6 is 0 Å². The van der Waals surface area contributed by atoms with Crippen molar-refractivity contribution in [2.45, 2.75) is 38.1 Å². The molecule has 3 aromatic rings. The predicted octanol–water partition coefficient (Wildman–Crippen LogP) is 3.30. The number of nitrogens with one attached hydrogen (secondary N) is 3. The molecule has 8 nitrogen and oxygen atoms in total. The van der Waals surface area contributed by atoms with Crippen LogP contribution in [0.15, 0.2) is 54.6 Å². The van der Waals surface area contributed by atoms with Crippen LogP contribution in [-0.2, 0) is 16.0 Å². The first-order chi connectivity index (χ1) is 16.4. The smallest absolute Gasteiger partial charge is 0.352 e. The summed E-state index contributed by atoms with van der Waals surface area (Å²) in [7, 11) is 0. The van der Waals surface area contributed by atoms with Crippen LogP contribution in [0.5, 0.6) is 0 Å². The van der Waals surface area contributed by atoms with Gasteiger partial charge in [0.1, 0.15) is 11.7 Å². The third-order valence-electron chi connectivity index (χ3n) is 6.59. The number of carboxylic acids is 1. The third kappa shape index (κ3) is 5.63. The fourth-order valence-electron chi connectivity index (χ4n) is 4.56. The molecule has 1 saturated carbocycles. The van der Waals surface area contributed by atoms with Gasteiger partial charge in [0, 0.05) is 28.9 Å². The summed E-state index contributed by atoms with van der Waals surface area (Å²) in [6, 6.07) is 15.5. The highest BCUT2D eigenvalue weighted by molar-refractivity contribution is 6.00. The summed E-state index contributed by atoms with van der Waals surface area (Å²) < 4.78 is 0. The van der Waals surface area contributed by atoms with E-state index in [0.29, 0.717) is 35.5 Å². The lowest BCUT2D eigenvalue weighted by atomic mass is 9.81. The summed E-state index contributed by atoms with van der Waals surface area (Å²) in [5, 5.41) is 15.7. The van der Waals surface area contributed by atoms with Gasteiger partial charge in [0.15, 0.2) is 0 Å². The number of hydrogen-bond donors (Lipinski definition) is 5. The van der Waals surface area contributed by atoms with E-state index in [9.17, 15) is 19.5 Å². The number of carboxylic acid groups (broad SMARTS) is 1. The number of carbonyl (C=O) groups is 3. The topological polar surface area (TPSA) is 137 Å². The van der Waals surface area contributed by atoms with Crippen molar-refractivity contribution in [1.82, 2.24) is 10.3 Å². The Balaban J connectivity index is 1.48. The van der Waals surface area contributed by atoms with E-state index < -0.39 is 12.0 Å². The van der Waals surface area contributed by atoms with Crippen molar-refractivity contribution in [2.24, 2.45) is 17.6 Å². The minimum absolute atomic E-state index is 0.0806. The second-order valence-electron chi connectivity index (χ2n) is 8.98. The molecule has 8 heteroatoms. The van der Waals surface area contributed by atoms with E-state index in [1.165, 1.54) is 6.07 Å². The largest absolute Gasteiger partial charge is 0.477 e. The van der Waals surface area contributed by atoms with Gasteiger partial charge in [0.25, 0.3) is 0 Å². The van der Waals surface area contributed by atoms with Gasteiger partial charge in [0.05, 0.1) is 0 Å². The normalized spacial score (nSPS) is 18.9. The molecular formula is C26H30N4O4. The number of aromatic nitrogens is 1. The lowest BCUT2D eigenvalue weighted by molar-refractivity contribution is -0.130. The van der Waals surface area contributed by atoms with Gasteiger partial charge in [-0.05, 0) is 68.0 Å². The van der Waals surface area contributed by atoms with E-state index in [0.717, 1.165) is 31.2 Å². The molecular weight excluding hydrogens is 432 g/mol. The molecule has 0 spiro atoms. The van der Waals surface area contributed by atoms with Gasteiger partial charge < -0.3 is 26.5 Å². The molecule has 1 aliphatic rings. The van der Waals surface area contributed by atoms with Gasteiger partial charge in [0.2, 0.25) is 11.8 Å².